The second-order valence-corrected chi connectivity index (χ2v) is 11.1. The van der Waals surface area contributed by atoms with E-state index in [1.807, 2.05) is 12.1 Å². The summed E-state index contributed by atoms with van der Waals surface area (Å²) in [6.07, 6.45) is 4.22. The SMILES string of the molecule is CC1CCCN(c2ccc(CNS(=O)(=O)c3ccc4c(c3)CCC(C)(C)O4)cc2)C1. The van der Waals surface area contributed by atoms with Crippen LogP contribution in [0, 0.1) is 5.92 Å². The van der Waals surface area contributed by atoms with Gasteiger partial charge in [-0.15, -0.1) is 0 Å². The normalized spacial score (nSPS) is 21.0. The molecule has 0 amide bonds. The van der Waals surface area contributed by atoms with Crippen LogP contribution in [0.5, 0.6) is 5.75 Å². The van der Waals surface area contributed by atoms with E-state index in [-0.39, 0.29) is 12.1 Å². The van der Waals surface area contributed by atoms with Crippen LogP contribution in [0.2, 0.25) is 0 Å². The fourth-order valence-corrected chi connectivity index (χ4v) is 5.38. The van der Waals surface area contributed by atoms with E-state index in [0.717, 1.165) is 48.7 Å². The van der Waals surface area contributed by atoms with Crippen molar-refractivity contribution >= 4 is 15.7 Å². The van der Waals surface area contributed by atoms with Crippen LogP contribution in [-0.2, 0) is 23.0 Å². The minimum absolute atomic E-state index is 0.204. The van der Waals surface area contributed by atoms with Gasteiger partial charge in [0.25, 0.3) is 0 Å². The summed E-state index contributed by atoms with van der Waals surface area (Å²) >= 11 is 0. The van der Waals surface area contributed by atoms with Crippen molar-refractivity contribution in [3.63, 3.8) is 0 Å². The van der Waals surface area contributed by atoms with Crippen LogP contribution in [0.1, 0.15) is 51.2 Å². The molecule has 162 valence electrons. The lowest BCUT2D eigenvalue weighted by Crippen LogP contribution is -2.34. The Balaban J connectivity index is 1.41. The number of rotatable bonds is 5. The Bertz CT molecular complexity index is 1000. The summed E-state index contributed by atoms with van der Waals surface area (Å²) < 4.78 is 34.3. The monoisotopic (exact) mass is 428 g/mol. The first-order chi connectivity index (χ1) is 14.2. The number of hydrogen-bond donors (Lipinski definition) is 1. The van der Waals surface area contributed by atoms with Crippen LogP contribution in [0.15, 0.2) is 47.4 Å². The van der Waals surface area contributed by atoms with Crippen molar-refractivity contribution in [3.8, 4) is 5.75 Å². The molecule has 4 rings (SSSR count). The highest BCUT2D eigenvalue weighted by Gasteiger charge is 2.27. The predicted molar refractivity (Wildman–Crippen MR) is 121 cm³/mol. The Morgan fingerprint density at radius 2 is 1.93 bits per heavy atom. The van der Waals surface area contributed by atoms with E-state index in [1.165, 1.54) is 18.5 Å². The van der Waals surface area contributed by atoms with Crippen molar-refractivity contribution in [1.29, 1.82) is 0 Å². The maximum atomic E-state index is 12.8. The Hall–Kier alpha value is -2.05. The third kappa shape index (κ3) is 4.81. The third-order valence-electron chi connectivity index (χ3n) is 6.15. The van der Waals surface area contributed by atoms with Crippen LogP contribution in [-0.4, -0.2) is 27.1 Å². The van der Waals surface area contributed by atoms with E-state index in [4.69, 9.17) is 4.74 Å². The fourth-order valence-electron chi connectivity index (χ4n) is 4.31. The van der Waals surface area contributed by atoms with E-state index in [0.29, 0.717) is 4.90 Å². The number of aryl methyl sites for hydroxylation is 1. The number of anilines is 1. The standard InChI is InChI=1S/C24H32N2O3S/c1-18-5-4-14-26(17-18)21-8-6-19(7-9-21)16-25-30(27,28)22-10-11-23-20(15-22)12-13-24(2,3)29-23/h6-11,15,18,25H,4-5,12-14,16-17H2,1-3H3. The zero-order valence-corrected chi connectivity index (χ0v) is 19.0. The second-order valence-electron chi connectivity index (χ2n) is 9.32. The minimum atomic E-state index is -3.57. The smallest absolute Gasteiger partial charge is 0.240 e. The minimum Gasteiger partial charge on any atom is -0.488 e. The summed E-state index contributed by atoms with van der Waals surface area (Å²) in [5.41, 5.74) is 2.92. The molecule has 1 unspecified atom stereocenters. The predicted octanol–water partition coefficient (Wildman–Crippen LogP) is 4.51. The topological polar surface area (TPSA) is 58.6 Å². The molecule has 1 fully saturated rings. The van der Waals surface area contributed by atoms with Crippen molar-refractivity contribution in [2.75, 3.05) is 18.0 Å². The summed E-state index contributed by atoms with van der Waals surface area (Å²) in [6.45, 7) is 8.86. The van der Waals surface area contributed by atoms with E-state index < -0.39 is 10.0 Å². The molecule has 0 aliphatic carbocycles. The van der Waals surface area contributed by atoms with Crippen molar-refractivity contribution in [3.05, 3.63) is 53.6 Å². The van der Waals surface area contributed by atoms with E-state index >= 15 is 0 Å². The molecule has 2 aromatic carbocycles. The molecule has 0 spiro atoms. The lowest BCUT2D eigenvalue weighted by atomic mass is 9.94. The molecular formula is C24H32N2O3S. The molecule has 0 aromatic heterocycles. The number of nitrogens with one attached hydrogen (secondary N) is 1. The molecule has 2 aromatic rings. The molecule has 6 heteroatoms. The van der Waals surface area contributed by atoms with Gasteiger partial charge in [-0.1, -0.05) is 19.1 Å². The quantitative estimate of drug-likeness (QED) is 0.762. The number of ether oxygens (including phenoxy) is 1. The van der Waals surface area contributed by atoms with Gasteiger partial charge < -0.3 is 9.64 Å². The first kappa shape index (κ1) is 21.2. The van der Waals surface area contributed by atoms with Gasteiger partial charge in [-0.25, -0.2) is 13.1 Å². The van der Waals surface area contributed by atoms with Crippen molar-refractivity contribution in [2.24, 2.45) is 5.92 Å². The highest BCUT2D eigenvalue weighted by Crippen LogP contribution is 2.34. The largest absolute Gasteiger partial charge is 0.488 e. The maximum absolute atomic E-state index is 12.8. The molecule has 1 saturated heterocycles. The average molecular weight is 429 g/mol. The fraction of sp³-hybridized carbons (Fsp3) is 0.500. The van der Waals surface area contributed by atoms with Crippen LogP contribution >= 0.6 is 0 Å². The third-order valence-corrected chi connectivity index (χ3v) is 7.55. The molecule has 2 aliphatic rings. The summed E-state index contributed by atoms with van der Waals surface area (Å²) in [4.78, 5) is 2.71. The van der Waals surface area contributed by atoms with Gasteiger partial charge in [0.1, 0.15) is 11.4 Å². The number of hydrogen-bond acceptors (Lipinski definition) is 4. The molecule has 0 radical (unpaired) electrons. The van der Waals surface area contributed by atoms with Gasteiger partial charge in [0.2, 0.25) is 10.0 Å². The second kappa shape index (κ2) is 8.23. The van der Waals surface area contributed by atoms with Crippen molar-refractivity contribution < 1.29 is 13.2 Å². The Morgan fingerprint density at radius 1 is 1.17 bits per heavy atom. The van der Waals surface area contributed by atoms with E-state index in [2.05, 4.69) is 42.5 Å². The molecule has 0 bridgehead atoms. The first-order valence-corrected chi connectivity index (χ1v) is 12.4. The van der Waals surface area contributed by atoms with Gasteiger partial charge in [-0.2, -0.15) is 0 Å². The van der Waals surface area contributed by atoms with Crippen LogP contribution in [0.3, 0.4) is 0 Å². The number of nitrogens with zero attached hydrogens (tertiary/aromatic N) is 1. The lowest BCUT2D eigenvalue weighted by Gasteiger charge is -2.33. The molecule has 0 saturated carbocycles. The maximum Gasteiger partial charge on any atom is 0.240 e. The molecular weight excluding hydrogens is 396 g/mol. The lowest BCUT2D eigenvalue weighted by molar-refractivity contribution is 0.0845. The van der Waals surface area contributed by atoms with Crippen molar-refractivity contribution in [1.82, 2.24) is 4.72 Å². The summed E-state index contributed by atoms with van der Waals surface area (Å²) in [6, 6.07) is 13.4. The summed E-state index contributed by atoms with van der Waals surface area (Å²) in [5, 5.41) is 0. The zero-order valence-electron chi connectivity index (χ0n) is 18.1. The van der Waals surface area contributed by atoms with Crippen LogP contribution < -0.4 is 14.4 Å². The van der Waals surface area contributed by atoms with Gasteiger partial charge in [-0.3, -0.25) is 0 Å². The van der Waals surface area contributed by atoms with Gasteiger partial charge in [0, 0.05) is 25.3 Å². The van der Waals surface area contributed by atoms with E-state index in [9.17, 15) is 8.42 Å². The number of fused-ring (bicyclic) bond motifs is 1. The highest BCUT2D eigenvalue weighted by molar-refractivity contribution is 7.89. The van der Waals surface area contributed by atoms with Gasteiger partial charge in [-0.05, 0) is 86.9 Å². The number of benzene rings is 2. The van der Waals surface area contributed by atoms with Gasteiger partial charge in [0.15, 0.2) is 0 Å². The Kier molecular flexibility index (Phi) is 5.82. The molecule has 1 N–H and O–H groups in total. The van der Waals surface area contributed by atoms with Crippen LogP contribution in [0.4, 0.5) is 5.69 Å². The van der Waals surface area contributed by atoms with Crippen LogP contribution in [0.25, 0.3) is 0 Å². The molecule has 1 atom stereocenters. The van der Waals surface area contributed by atoms with Gasteiger partial charge >= 0.3 is 0 Å². The average Bonchev–Trinajstić information content (AvgIpc) is 2.72. The summed E-state index contributed by atoms with van der Waals surface area (Å²) in [7, 11) is -3.57. The molecule has 2 heterocycles. The molecule has 2 aliphatic heterocycles. The first-order valence-electron chi connectivity index (χ1n) is 10.9. The zero-order chi connectivity index (χ0) is 21.4. The number of sulfonamides is 1. The Morgan fingerprint density at radius 3 is 2.67 bits per heavy atom. The van der Waals surface area contributed by atoms with E-state index in [1.54, 1.807) is 18.2 Å². The molecule has 5 nitrogen and oxygen atoms in total. The highest BCUT2D eigenvalue weighted by atomic mass is 32.2. The Labute approximate surface area is 180 Å². The van der Waals surface area contributed by atoms with Crippen molar-refractivity contribution in [2.45, 2.75) is 63.5 Å². The van der Waals surface area contributed by atoms with Gasteiger partial charge in [0.05, 0.1) is 4.90 Å². The molecule has 30 heavy (non-hydrogen) atoms. The summed E-state index contributed by atoms with van der Waals surface area (Å²) in [5.74, 6) is 1.51. The number of piperidine rings is 1.